The summed E-state index contributed by atoms with van der Waals surface area (Å²) in [5, 5.41) is 4.26. The first-order valence-electron chi connectivity index (χ1n) is 6.60. The smallest absolute Gasteiger partial charge is 0.421 e. The molecule has 2 rings (SSSR count). The van der Waals surface area contributed by atoms with Crippen molar-refractivity contribution in [1.82, 2.24) is 19.7 Å². The zero-order valence-electron chi connectivity index (χ0n) is 13.0. The summed E-state index contributed by atoms with van der Waals surface area (Å²) in [7, 11) is 1.15. The molecule has 2 heterocycles. The summed E-state index contributed by atoms with van der Waals surface area (Å²) in [4.78, 5) is 7.98. The minimum Gasteiger partial charge on any atom is -0.481 e. The normalized spacial score (nSPS) is 12.5. The van der Waals surface area contributed by atoms with Crippen molar-refractivity contribution in [3.05, 3.63) is 23.7 Å². The number of ether oxygens (including phenoxy) is 1. The molecule has 0 aromatic carbocycles. The van der Waals surface area contributed by atoms with Crippen LogP contribution in [0.1, 0.15) is 32.2 Å². The lowest BCUT2D eigenvalue weighted by atomic mass is 10.1. The zero-order valence-corrected chi connectivity index (χ0v) is 13.0. The number of alkyl halides is 3. The van der Waals surface area contributed by atoms with E-state index in [0.717, 1.165) is 13.2 Å². The van der Waals surface area contributed by atoms with Gasteiger partial charge in [-0.3, -0.25) is 0 Å². The molecule has 2 aromatic heterocycles. The molecule has 0 aliphatic rings. The Morgan fingerprint density at radius 1 is 1.18 bits per heavy atom. The van der Waals surface area contributed by atoms with Crippen molar-refractivity contribution in [2.24, 2.45) is 0 Å². The predicted molar refractivity (Wildman–Crippen MR) is 74.5 cm³/mol. The summed E-state index contributed by atoms with van der Waals surface area (Å²) in [6.45, 7) is 7.37. The average Bonchev–Trinajstić information content (AvgIpc) is 2.79. The fourth-order valence-electron chi connectivity index (χ4n) is 2.01. The third-order valence-electron chi connectivity index (χ3n) is 2.96. The Hall–Kier alpha value is -2.12. The van der Waals surface area contributed by atoms with Crippen molar-refractivity contribution in [3.63, 3.8) is 0 Å². The molecule has 0 bridgehead atoms. The minimum atomic E-state index is -4.56. The molecule has 0 aliphatic carbocycles. The maximum Gasteiger partial charge on any atom is 0.421 e. The van der Waals surface area contributed by atoms with Crippen LogP contribution in [0.25, 0.3) is 11.4 Å². The quantitative estimate of drug-likeness (QED) is 0.852. The molecule has 0 saturated heterocycles. The van der Waals surface area contributed by atoms with Gasteiger partial charge < -0.3 is 4.74 Å². The molecule has 0 unspecified atom stereocenters. The predicted octanol–water partition coefficient (Wildman–Crippen LogP) is 3.43. The van der Waals surface area contributed by atoms with Crippen LogP contribution in [0, 0.1) is 6.92 Å². The number of rotatable bonds is 2. The van der Waals surface area contributed by atoms with E-state index in [1.807, 2.05) is 20.8 Å². The van der Waals surface area contributed by atoms with E-state index in [9.17, 15) is 13.2 Å². The van der Waals surface area contributed by atoms with Gasteiger partial charge in [-0.2, -0.15) is 18.3 Å². The van der Waals surface area contributed by atoms with Crippen LogP contribution < -0.4 is 4.74 Å². The second kappa shape index (κ2) is 5.26. The van der Waals surface area contributed by atoms with Crippen LogP contribution in [-0.4, -0.2) is 26.9 Å². The van der Waals surface area contributed by atoms with Gasteiger partial charge in [-0.25, -0.2) is 14.6 Å². The Morgan fingerprint density at radius 2 is 1.82 bits per heavy atom. The number of halogens is 3. The first kappa shape index (κ1) is 16.3. The Bertz CT molecular complexity index is 686. The average molecular weight is 314 g/mol. The second-order valence-corrected chi connectivity index (χ2v) is 5.84. The fourth-order valence-corrected chi connectivity index (χ4v) is 2.01. The highest BCUT2D eigenvalue weighted by atomic mass is 19.4. The Labute approximate surface area is 126 Å². The van der Waals surface area contributed by atoms with Crippen molar-refractivity contribution in [1.29, 1.82) is 0 Å². The Balaban J connectivity index is 2.65. The monoisotopic (exact) mass is 314 g/mol. The van der Waals surface area contributed by atoms with Crippen molar-refractivity contribution in [2.75, 3.05) is 7.11 Å². The molecule has 0 aliphatic heterocycles. The summed E-state index contributed by atoms with van der Waals surface area (Å²) in [5.41, 5.74) is -1.12. The Morgan fingerprint density at radius 3 is 2.32 bits per heavy atom. The first-order chi connectivity index (χ1) is 10.0. The maximum absolute atomic E-state index is 13.1. The number of nitrogens with zero attached hydrogens (tertiary/aromatic N) is 4. The molecule has 0 atom stereocenters. The molecule has 5 nitrogen and oxygen atoms in total. The molecule has 0 amide bonds. The molecule has 0 N–H and O–H groups in total. The van der Waals surface area contributed by atoms with E-state index in [0.29, 0.717) is 11.6 Å². The highest BCUT2D eigenvalue weighted by molar-refractivity contribution is 5.57. The maximum atomic E-state index is 13.1. The van der Waals surface area contributed by atoms with Gasteiger partial charge in [0.1, 0.15) is 11.4 Å². The van der Waals surface area contributed by atoms with E-state index < -0.39 is 23.2 Å². The molecule has 2 aromatic rings. The summed E-state index contributed by atoms with van der Waals surface area (Å²) >= 11 is 0. The summed E-state index contributed by atoms with van der Waals surface area (Å²) in [6.07, 6.45) is -3.25. The van der Waals surface area contributed by atoms with Gasteiger partial charge >= 0.3 is 6.18 Å². The van der Waals surface area contributed by atoms with Crippen LogP contribution in [0.3, 0.4) is 0 Å². The van der Waals surface area contributed by atoms with E-state index in [2.05, 4.69) is 15.1 Å². The molecule has 0 radical (unpaired) electrons. The SMILES string of the molecule is COc1ncc(-c2nc(C)nn2C(C)(C)C)cc1C(F)(F)F. The van der Waals surface area contributed by atoms with Crippen LogP contribution in [0.4, 0.5) is 13.2 Å². The Kier molecular flexibility index (Phi) is 3.88. The minimum absolute atomic E-state index is 0.239. The molecule has 0 fully saturated rings. The summed E-state index contributed by atoms with van der Waals surface area (Å²) in [5.74, 6) is 0.356. The topological polar surface area (TPSA) is 52.8 Å². The largest absolute Gasteiger partial charge is 0.481 e. The zero-order chi connectivity index (χ0) is 16.7. The molecular weight excluding hydrogens is 297 g/mol. The van der Waals surface area contributed by atoms with Crippen molar-refractivity contribution < 1.29 is 17.9 Å². The van der Waals surface area contributed by atoms with Gasteiger partial charge in [0.25, 0.3) is 0 Å². The van der Waals surface area contributed by atoms with Crippen LogP contribution in [0.2, 0.25) is 0 Å². The van der Waals surface area contributed by atoms with Gasteiger partial charge in [-0.15, -0.1) is 0 Å². The van der Waals surface area contributed by atoms with Gasteiger partial charge in [-0.05, 0) is 33.8 Å². The van der Waals surface area contributed by atoms with Gasteiger partial charge in [0.15, 0.2) is 5.82 Å². The lowest BCUT2D eigenvalue weighted by Gasteiger charge is -2.21. The number of aromatic nitrogens is 4. The molecule has 120 valence electrons. The van der Waals surface area contributed by atoms with Crippen molar-refractivity contribution >= 4 is 0 Å². The fraction of sp³-hybridized carbons (Fsp3) is 0.500. The summed E-state index contributed by atoms with van der Waals surface area (Å²) in [6, 6.07) is 0.984. The van der Waals surface area contributed by atoms with Crippen LogP contribution in [0.15, 0.2) is 12.3 Å². The molecule has 8 heteroatoms. The molecule has 0 spiro atoms. The summed E-state index contributed by atoms with van der Waals surface area (Å²) < 4.78 is 45.6. The number of pyridine rings is 1. The van der Waals surface area contributed by atoms with E-state index >= 15 is 0 Å². The number of aryl methyl sites for hydroxylation is 1. The number of hydrogen-bond donors (Lipinski definition) is 0. The third kappa shape index (κ3) is 3.05. The van der Waals surface area contributed by atoms with E-state index in [4.69, 9.17) is 4.74 Å². The lowest BCUT2D eigenvalue weighted by molar-refractivity contribution is -0.139. The van der Waals surface area contributed by atoms with Gasteiger partial charge in [0, 0.05) is 11.8 Å². The molecular formula is C14H17F3N4O. The van der Waals surface area contributed by atoms with Crippen LogP contribution >= 0.6 is 0 Å². The van der Waals surface area contributed by atoms with Crippen LogP contribution in [-0.2, 0) is 11.7 Å². The lowest BCUT2D eigenvalue weighted by Crippen LogP contribution is -2.24. The highest BCUT2D eigenvalue weighted by Gasteiger charge is 2.36. The highest BCUT2D eigenvalue weighted by Crippen LogP contribution is 2.37. The van der Waals surface area contributed by atoms with E-state index in [1.165, 1.54) is 6.20 Å². The standard InChI is InChI=1S/C14H17F3N4O/c1-8-19-11(21(20-8)13(2,3)4)9-6-10(14(15,16)17)12(22-5)18-7-9/h6-7H,1-5H3. The van der Waals surface area contributed by atoms with E-state index in [1.54, 1.807) is 11.6 Å². The van der Waals surface area contributed by atoms with Gasteiger partial charge in [-0.1, -0.05) is 0 Å². The van der Waals surface area contributed by atoms with Crippen molar-refractivity contribution in [3.8, 4) is 17.3 Å². The van der Waals surface area contributed by atoms with Crippen molar-refractivity contribution in [2.45, 2.75) is 39.4 Å². The molecule has 0 saturated carbocycles. The number of methoxy groups -OCH3 is 1. The van der Waals surface area contributed by atoms with E-state index in [-0.39, 0.29) is 5.56 Å². The van der Waals surface area contributed by atoms with Gasteiger partial charge in [0.2, 0.25) is 5.88 Å². The van der Waals surface area contributed by atoms with Gasteiger partial charge in [0.05, 0.1) is 12.6 Å². The second-order valence-electron chi connectivity index (χ2n) is 5.84. The number of hydrogen-bond acceptors (Lipinski definition) is 4. The van der Waals surface area contributed by atoms with Crippen LogP contribution in [0.5, 0.6) is 5.88 Å². The first-order valence-corrected chi connectivity index (χ1v) is 6.60. The third-order valence-corrected chi connectivity index (χ3v) is 2.96. The molecule has 22 heavy (non-hydrogen) atoms.